The van der Waals surface area contributed by atoms with E-state index in [2.05, 4.69) is 0 Å². The number of thiophene rings is 1. The summed E-state index contributed by atoms with van der Waals surface area (Å²) in [5.41, 5.74) is 0. The molecule has 0 amide bonds. The normalized spacial score (nSPS) is 12.9. The van der Waals surface area contributed by atoms with Gasteiger partial charge in [-0.15, -0.1) is 11.3 Å². The van der Waals surface area contributed by atoms with Gasteiger partial charge in [-0.3, -0.25) is 4.79 Å². The maximum absolute atomic E-state index is 10.2. The maximum Gasteiger partial charge on any atom is 0.235 e. The first kappa shape index (κ1) is 7.44. The zero-order valence-corrected chi connectivity index (χ0v) is 6.35. The van der Waals surface area contributed by atoms with E-state index < -0.39 is 6.10 Å². The second kappa shape index (κ2) is 3.49. The lowest BCUT2D eigenvalue weighted by Crippen LogP contribution is -1.98. The van der Waals surface area contributed by atoms with Crippen molar-refractivity contribution in [3.8, 4) is 0 Å². The first-order valence-electron chi connectivity index (χ1n) is 2.82. The molecule has 1 rings (SSSR count). The fraction of sp³-hybridized carbons (Fsp3) is 0.286. The Morgan fingerprint density at radius 1 is 1.80 bits per heavy atom. The Balaban J connectivity index is 2.73. The van der Waals surface area contributed by atoms with Crippen LogP contribution < -0.4 is 0 Å². The van der Waals surface area contributed by atoms with E-state index in [0.29, 0.717) is 0 Å². The van der Waals surface area contributed by atoms with Crippen molar-refractivity contribution in [2.75, 3.05) is 7.11 Å². The Morgan fingerprint density at radius 2 is 2.60 bits per heavy atom. The number of hydrogen-bond donors (Lipinski definition) is 0. The highest BCUT2D eigenvalue weighted by atomic mass is 32.1. The first-order chi connectivity index (χ1) is 4.88. The van der Waals surface area contributed by atoms with Crippen molar-refractivity contribution in [1.29, 1.82) is 0 Å². The first-order valence-corrected chi connectivity index (χ1v) is 3.70. The van der Waals surface area contributed by atoms with Gasteiger partial charge in [0.05, 0.1) is 0 Å². The highest BCUT2D eigenvalue weighted by Crippen LogP contribution is 2.19. The minimum atomic E-state index is -0.500. The quantitative estimate of drug-likeness (QED) is 0.662. The number of ether oxygens (including phenoxy) is 1. The molecule has 1 aromatic rings. The number of methoxy groups -OCH3 is 1. The van der Waals surface area contributed by atoms with Crippen molar-refractivity contribution >= 4 is 17.6 Å². The topological polar surface area (TPSA) is 26.3 Å². The average molecular weight is 155 g/mol. The van der Waals surface area contributed by atoms with E-state index in [9.17, 15) is 4.79 Å². The third-order valence-corrected chi connectivity index (χ3v) is 2.06. The number of rotatable bonds is 3. The van der Waals surface area contributed by atoms with Crippen LogP contribution in [0.1, 0.15) is 11.0 Å². The van der Waals surface area contributed by atoms with Crippen molar-refractivity contribution in [3.05, 3.63) is 22.4 Å². The molecule has 0 N–H and O–H groups in total. The molecule has 0 aromatic carbocycles. The van der Waals surface area contributed by atoms with Crippen LogP contribution in [0.5, 0.6) is 0 Å². The molecule has 3 heteroatoms. The van der Waals surface area contributed by atoms with Gasteiger partial charge >= 0.3 is 0 Å². The summed E-state index contributed by atoms with van der Waals surface area (Å²) in [6.07, 6.45) is 1.29. The van der Waals surface area contributed by atoms with Crippen molar-refractivity contribution in [1.82, 2.24) is 0 Å². The van der Waals surface area contributed by atoms with Crippen LogP contribution in [-0.4, -0.2) is 13.4 Å². The van der Waals surface area contributed by atoms with Crippen LogP contribution >= 0.6 is 11.3 Å². The van der Waals surface area contributed by atoms with Gasteiger partial charge in [-0.2, -0.15) is 0 Å². The van der Waals surface area contributed by atoms with Crippen molar-refractivity contribution in [2.45, 2.75) is 6.10 Å². The van der Waals surface area contributed by atoms with Crippen LogP contribution in [0.2, 0.25) is 0 Å². The minimum absolute atomic E-state index is 0.500. The van der Waals surface area contributed by atoms with Gasteiger partial charge in [0.25, 0.3) is 0 Å². The molecule has 10 heavy (non-hydrogen) atoms. The summed E-state index contributed by atoms with van der Waals surface area (Å²) < 4.78 is 4.83. The summed E-state index contributed by atoms with van der Waals surface area (Å²) in [5.74, 6) is 0. The van der Waals surface area contributed by atoms with Gasteiger partial charge in [-0.25, -0.2) is 0 Å². The molecule has 0 fully saturated rings. The SMILES string of the molecule is COC([C]=O)c1cccs1. The molecule has 2 nitrogen and oxygen atoms in total. The summed E-state index contributed by atoms with van der Waals surface area (Å²) >= 11 is 1.49. The summed E-state index contributed by atoms with van der Waals surface area (Å²) in [6.45, 7) is 0. The lowest BCUT2D eigenvalue weighted by Gasteiger charge is -2.01. The van der Waals surface area contributed by atoms with Gasteiger partial charge in [-0.05, 0) is 11.4 Å². The Labute approximate surface area is 63.4 Å². The van der Waals surface area contributed by atoms with E-state index in [0.717, 1.165) is 4.88 Å². The van der Waals surface area contributed by atoms with Gasteiger partial charge in [0.2, 0.25) is 6.29 Å². The summed E-state index contributed by atoms with van der Waals surface area (Å²) in [7, 11) is 1.50. The highest BCUT2D eigenvalue weighted by Gasteiger charge is 2.09. The van der Waals surface area contributed by atoms with E-state index in [1.165, 1.54) is 18.4 Å². The van der Waals surface area contributed by atoms with E-state index >= 15 is 0 Å². The standard InChI is InChI=1S/C7H7O2S/c1-9-6(5-8)7-3-2-4-10-7/h2-4,6H,1H3. The molecule has 0 saturated heterocycles. The van der Waals surface area contributed by atoms with E-state index in [1.54, 1.807) is 6.29 Å². The third kappa shape index (κ3) is 1.43. The molecule has 1 atom stereocenters. The van der Waals surface area contributed by atoms with Gasteiger partial charge < -0.3 is 4.74 Å². The molecule has 0 aliphatic heterocycles. The number of hydrogen-bond acceptors (Lipinski definition) is 3. The molecule has 0 saturated carbocycles. The zero-order chi connectivity index (χ0) is 7.40. The molecular weight excluding hydrogens is 148 g/mol. The van der Waals surface area contributed by atoms with Crippen LogP contribution in [-0.2, 0) is 9.53 Å². The smallest absolute Gasteiger partial charge is 0.235 e. The molecule has 0 bridgehead atoms. The predicted molar refractivity (Wildman–Crippen MR) is 39.8 cm³/mol. The third-order valence-electron chi connectivity index (χ3n) is 1.14. The van der Waals surface area contributed by atoms with E-state index in [-0.39, 0.29) is 0 Å². The van der Waals surface area contributed by atoms with Crippen molar-refractivity contribution in [3.63, 3.8) is 0 Å². The highest BCUT2D eigenvalue weighted by molar-refractivity contribution is 7.10. The van der Waals surface area contributed by atoms with Crippen LogP contribution in [0.15, 0.2) is 17.5 Å². The molecule has 1 radical (unpaired) electrons. The number of carbonyl (C=O) groups excluding carboxylic acids is 1. The van der Waals surface area contributed by atoms with Gasteiger partial charge in [-0.1, -0.05) is 6.07 Å². The van der Waals surface area contributed by atoms with Crippen LogP contribution in [0.25, 0.3) is 0 Å². The second-order valence-electron chi connectivity index (χ2n) is 1.75. The molecule has 1 unspecified atom stereocenters. The largest absolute Gasteiger partial charge is 0.368 e. The lowest BCUT2D eigenvalue weighted by molar-refractivity contribution is 0.157. The molecule has 1 aromatic heterocycles. The average Bonchev–Trinajstić information content (AvgIpc) is 2.43. The minimum Gasteiger partial charge on any atom is -0.368 e. The summed E-state index contributed by atoms with van der Waals surface area (Å²) in [6, 6.07) is 3.73. The fourth-order valence-electron chi connectivity index (χ4n) is 0.663. The molecular formula is C7H7O2S. The molecule has 1 heterocycles. The van der Waals surface area contributed by atoms with Gasteiger partial charge in [0, 0.05) is 12.0 Å². The Morgan fingerprint density at radius 3 is 3.00 bits per heavy atom. The van der Waals surface area contributed by atoms with Gasteiger partial charge in [0.15, 0.2) is 6.10 Å². The Kier molecular flexibility index (Phi) is 2.59. The fourth-order valence-corrected chi connectivity index (χ4v) is 1.40. The second-order valence-corrected chi connectivity index (χ2v) is 2.73. The Bertz CT molecular complexity index is 193. The maximum atomic E-state index is 10.2. The molecule has 53 valence electrons. The molecule has 0 aliphatic carbocycles. The van der Waals surface area contributed by atoms with Crippen LogP contribution in [0, 0.1) is 0 Å². The Hall–Kier alpha value is -0.670. The molecule has 0 spiro atoms. The van der Waals surface area contributed by atoms with Crippen molar-refractivity contribution < 1.29 is 9.53 Å². The summed E-state index contributed by atoms with van der Waals surface area (Å²) in [4.78, 5) is 11.1. The van der Waals surface area contributed by atoms with Gasteiger partial charge in [0.1, 0.15) is 0 Å². The van der Waals surface area contributed by atoms with Crippen molar-refractivity contribution in [2.24, 2.45) is 0 Å². The predicted octanol–water partition coefficient (Wildman–Crippen LogP) is 1.55. The monoisotopic (exact) mass is 155 g/mol. The van der Waals surface area contributed by atoms with Crippen LogP contribution in [0.3, 0.4) is 0 Å². The zero-order valence-electron chi connectivity index (χ0n) is 5.53. The van der Waals surface area contributed by atoms with Crippen LogP contribution in [0.4, 0.5) is 0 Å². The van der Waals surface area contributed by atoms with E-state index in [4.69, 9.17) is 4.74 Å². The van der Waals surface area contributed by atoms with E-state index in [1.807, 2.05) is 17.5 Å². The summed E-state index contributed by atoms with van der Waals surface area (Å²) in [5, 5.41) is 1.90. The lowest BCUT2D eigenvalue weighted by atomic mass is 10.3. The molecule has 0 aliphatic rings.